The summed E-state index contributed by atoms with van der Waals surface area (Å²) in [6, 6.07) is -0.409. The van der Waals surface area contributed by atoms with E-state index in [4.69, 9.17) is 0 Å². The fourth-order valence-corrected chi connectivity index (χ4v) is 2.69. The van der Waals surface area contributed by atoms with Crippen molar-refractivity contribution in [2.45, 2.75) is 59.0 Å². The minimum absolute atomic E-state index is 0.00409. The van der Waals surface area contributed by atoms with Crippen LogP contribution in [-0.2, 0) is 4.79 Å². The molecule has 0 spiro atoms. The first-order valence-corrected chi connectivity index (χ1v) is 7.61. The van der Waals surface area contributed by atoms with Crippen molar-refractivity contribution >= 4 is 11.9 Å². The van der Waals surface area contributed by atoms with E-state index in [1.807, 2.05) is 0 Å². The van der Waals surface area contributed by atoms with E-state index < -0.39 is 0 Å². The second kappa shape index (κ2) is 7.50. The van der Waals surface area contributed by atoms with Gasteiger partial charge in [-0.1, -0.05) is 27.7 Å². The largest absolute Gasteiger partial charge is 0.344 e. The van der Waals surface area contributed by atoms with Gasteiger partial charge in [0.05, 0.1) is 0 Å². The van der Waals surface area contributed by atoms with Crippen LogP contribution in [0.4, 0.5) is 4.79 Å². The number of nitrogens with one attached hydrogen (secondary N) is 2. The Morgan fingerprint density at radius 1 is 1.25 bits per heavy atom. The number of hydrogen-bond donors (Lipinski definition) is 2. The molecule has 20 heavy (non-hydrogen) atoms. The van der Waals surface area contributed by atoms with Gasteiger partial charge in [0.25, 0.3) is 0 Å². The zero-order chi connectivity index (χ0) is 15.3. The molecular formula is C15H29N3O2. The van der Waals surface area contributed by atoms with E-state index in [1.165, 1.54) is 0 Å². The van der Waals surface area contributed by atoms with Crippen LogP contribution < -0.4 is 10.6 Å². The Kier molecular flexibility index (Phi) is 6.30. The van der Waals surface area contributed by atoms with Gasteiger partial charge >= 0.3 is 6.03 Å². The highest BCUT2D eigenvalue weighted by Gasteiger charge is 2.30. The van der Waals surface area contributed by atoms with Crippen LogP contribution in [0.3, 0.4) is 0 Å². The van der Waals surface area contributed by atoms with Crippen molar-refractivity contribution in [1.29, 1.82) is 0 Å². The minimum Gasteiger partial charge on any atom is -0.344 e. The number of carbonyl (C=O) groups excluding carboxylic acids is 2. The van der Waals surface area contributed by atoms with Gasteiger partial charge in [0.1, 0.15) is 6.04 Å². The number of hydrogen-bond acceptors (Lipinski definition) is 2. The normalized spacial score (nSPS) is 19.3. The summed E-state index contributed by atoms with van der Waals surface area (Å²) in [7, 11) is 1.77. The summed E-state index contributed by atoms with van der Waals surface area (Å²) in [5.41, 5.74) is 0. The van der Waals surface area contributed by atoms with Crippen LogP contribution in [-0.4, -0.2) is 42.5 Å². The predicted molar refractivity (Wildman–Crippen MR) is 80.4 cm³/mol. The number of nitrogens with zero attached hydrogens (tertiary/aromatic N) is 1. The van der Waals surface area contributed by atoms with Gasteiger partial charge in [0, 0.05) is 19.6 Å². The molecule has 1 rings (SSSR count). The van der Waals surface area contributed by atoms with Gasteiger partial charge in [-0.2, -0.15) is 0 Å². The Labute approximate surface area is 122 Å². The molecule has 1 aliphatic rings. The maximum absolute atomic E-state index is 12.0. The van der Waals surface area contributed by atoms with Gasteiger partial charge in [-0.3, -0.25) is 4.79 Å². The quantitative estimate of drug-likeness (QED) is 0.783. The summed E-state index contributed by atoms with van der Waals surface area (Å²) in [5, 5.41) is 5.82. The van der Waals surface area contributed by atoms with E-state index >= 15 is 0 Å². The topological polar surface area (TPSA) is 61.4 Å². The van der Waals surface area contributed by atoms with Crippen LogP contribution >= 0.6 is 0 Å². The molecule has 0 aromatic carbocycles. The zero-order valence-corrected chi connectivity index (χ0v) is 13.4. The molecule has 1 saturated heterocycles. The third-order valence-corrected chi connectivity index (χ3v) is 3.58. The molecule has 5 nitrogen and oxygen atoms in total. The summed E-state index contributed by atoms with van der Waals surface area (Å²) in [6.07, 6.45) is 2.62. The lowest BCUT2D eigenvalue weighted by Gasteiger charge is -2.23. The summed E-state index contributed by atoms with van der Waals surface area (Å²) in [5.74, 6) is 1.08. The summed E-state index contributed by atoms with van der Waals surface area (Å²) in [4.78, 5) is 25.5. The number of urea groups is 1. The second-order valence-corrected chi connectivity index (χ2v) is 6.67. The molecule has 5 heteroatoms. The predicted octanol–water partition coefficient (Wildman–Crippen LogP) is 1.98. The minimum atomic E-state index is -0.362. The first-order valence-electron chi connectivity index (χ1n) is 7.61. The maximum Gasteiger partial charge on any atom is 0.315 e. The van der Waals surface area contributed by atoms with Gasteiger partial charge in [-0.25, -0.2) is 4.79 Å². The molecule has 116 valence electrons. The van der Waals surface area contributed by atoms with Crippen LogP contribution in [0.5, 0.6) is 0 Å². The Bertz CT molecular complexity index is 332. The smallest absolute Gasteiger partial charge is 0.315 e. The van der Waals surface area contributed by atoms with E-state index in [0.717, 1.165) is 12.8 Å². The summed E-state index contributed by atoms with van der Waals surface area (Å²) >= 11 is 0. The summed E-state index contributed by atoms with van der Waals surface area (Å²) < 4.78 is 0. The van der Waals surface area contributed by atoms with Gasteiger partial charge < -0.3 is 15.5 Å². The van der Waals surface area contributed by atoms with Crippen LogP contribution in [0, 0.1) is 11.8 Å². The Hall–Kier alpha value is -1.26. The van der Waals surface area contributed by atoms with Crippen LogP contribution in [0.15, 0.2) is 0 Å². The monoisotopic (exact) mass is 283 g/mol. The lowest BCUT2D eigenvalue weighted by atomic mass is 9.96. The van der Waals surface area contributed by atoms with Crippen LogP contribution in [0.1, 0.15) is 47.0 Å². The van der Waals surface area contributed by atoms with E-state index in [-0.39, 0.29) is 24.0 Å². The third kappa shape index (κ3) is 5.39. The summed E-state index contributed by atoms with van der Waals surface area (Å²) in [6.45, 7) is 9.33. The highest BCUT2D eigenvalue weighted by Crippen LogP contribution is 2.13. The molecular weight excluding hydrogens is 254 g/mol. The molecule has 1 heterocycles. The molecule has 0 aromatic heterocycles. The average Bonchev–Trinajstić information content (AvgIpc) is 2.59. The number of amides is 3. The molecule has 1 aliphatic heterocycles. The molecule has 0 unspecified atom stereocenters. The van der Waals surface area contributed by atoms with Crippen LogP contribution in [0.2, 0.25) is 0 Å². The van der Waals surface area contributed by atoms with E-state index in [2.05, 4.69) is 38.3 Å². The Balaban J connectivity index is 2.47. The molecule has 0 bridgehead atoms. The van der Waals surface area contributed by atoms with Crippen molar-refractivity contribution in [3.8, 4) is 0 Å². The molecule has 1 atom stereocenters. The standard InChI is InChI=1S/C15H29N3O2/c1-10(2)8-12(9-11(3)4)16-15(20)17-13-6-7-18(5)14(13)19/h10-13H,6-9H2,1-5H3,(H2,16,17,20)/t13-/m1/s1. The van der Waals surface area contributed by atoms with Crippen LogP contribution in [0.25, 0.3) is 0 Å². The second-order valence-electron chi connectivity index (χ2n) is 6.67. The van der Waals surface area contributed by atoms with E-state index in [9.17, 15) is 9.59 Å². The Morgan fingerprint density at radius 3 is 2.20 bits per heavy atom. The highest BCUT2D eigenvalue weighted by atomic mass is 16.2. The van der Waals surface area contributed by atoms with Crippen molar-refractivity contribution in [2.75, 3.05) is 13.6 Å². The van der Waals surface area contributed by atoms with Crippen molar-refractivity contribution in [1.82, 2.24) is 15.5 Å². The Morgan fingerprint density at radius 2 is 1.80 bits per heavy atom. The molecule has 0 aromatic rings. The fourth-order valence-electron chi connectivity index (χ4n) is 2.69. The first kappa shape index (κ1) is 16.8. The fraction of sp³-hybridized carbons (Fsp3) is 0.867. The van der Waals surface area contributed by atoms with Crippen molar-refractivity contribution in [2.24, 2.45) is 11.8 Å². The lowest BCUT2D eigenvalue weighted by molar-refractivity contribution is -0.128. The SMILES string of the molecule is CC(C)CC(CC(C)C)NC(=O)N[C@@H]1CCN(C)C1=O. The number of likely N-dealkylation sites (tertiary alicyclic amines) is 1. The average molecular weight is 283 g/mol. The first-order chi connectivity index (χ1) is 9.29. The number of likely N-dealkylation sites (N-methyl/N-ethyl adjacent to an activating group) is 1. The molecule has 0 aliphatic carbocycles. The molecule has 0 radical (unpaired) electrons. The number of carbonyl (C=O) groups is 2. The molecule has 2 N–H and O–H groups in total. The molecule has 0 saturated carbocycles. The van der Waals surface area contributed by atoms with Gasteiger partial charge in [-0.05, 0) is 31.1 Å². The van der Waals surface area contributed by atoms with Crippen molar-refractivity contribution in [3.63, 3.8) is 0 Å². The van der Waals surface area contributed by atoms with Gasteiger partial charge in [0.15, 0.2) is 0 Å². The van der Waals surface area contributed by atoms with E-state index in [1.54, 1.807) is 11.9 Å². The zero-order valence-electron chi connectivity index (χ0n) is 13.4. The number of rotatable bonds is 6. The third-order valence-electron chi connectivity index (χ3n) is 3.58. The van der Waals surface area contributed by atoms with E-state index in [0.29, 0.717) is 24.8 Å². The molecule has 3 amide bonds. The van der Waals surface area contributed by atoms with Gasteiger partial charge in [0.2, 0.25) is 5.91 Å². The van der Waals surface area contributed by atoms with Crippen molar-refractivity contribution < 1.29 is 9.59 Å². The molecule has 1 fully saturated rings. The van der Waals surface area contributed by atoms with Gasteiger partial charge in [-0.15, -0.1) is 0 Å². The lowest BCUT2D eigenvalue weighted by Crippen LogP contribution is -2.49. The van der Waals surface area contributed by atoms with Crippen molar-refractivity contribution in [3.05, 3.63) is 0 Å². The maximum atomic E-state index is 12.0. The highest BCUT2D eigenvalue weighted by molar-refractivity contribution is 5.88.